The van der Waals surface area contributed by atoms with Crippen LogP contribution in [0.25, 0.3) is 0 Å². The molecule has 5 heteroatoms. The zero-order valence-corrected chi connectivity index (χ0v) is 10.9. The first-order chi connectivity index (χ1) is 8.70. The Labute approximate surface area is 110 Å². The predicted molar refractivity (Wildman–Crippen MR) is 71.0 cm³/mol. The van der Waals surface area contributed by atoms with Crippen LogP contribution < -0.4 is 5.73 Å². The largest absolute Gasteiger partial charge is 0.383 e. The lowest BCUT2D eigenvalue weighted by molar-refractivity contribution is 0.624. The summed E-state index contributed by atoms with van der Waals surface area (Å²) < 4.78 is 13.1. The van der Waals surface area contributed by atoms with E-state index >= 15 is 0 Å². The fourth-order valence-electron chi connectivity index (χ4n) is 1.62. The first kappa shape index (κ1) is 12.8. The highest BCUT2D eigenvalue weighted by Gasteiger charge is 2.10. The lowest BCUT2D eigenvalue weighted by Crippen LogP contribution is -2.01. The summed E-state index contributed by atoms with van der Waals surface area (Å²) in [5, 5.41) is 0.801. The lowest BCUT2D eigenvalue weighted by atomic mass is 10.2. The van der Waals surface area contributed by atoms with Gasteiger partial charge in [-0.05, 0) is 24.6 Å². The summed E-state index contributed by atoms with van der Waals surface area (Å²) in [5.41, 5.74) is 6.79. The maximum Gasteiger partial charge on any atom is 0.131 e. The van der Waals surface area contributed by atoms with E-state index in [-0.39, 0.29) is 5.82 Å². The Bertz CT molecular complexity index is 546. The quantitative estimate of drug-likeness (QED) is 0.860. The Balaban J connectivity index is 2.31. The van der Waals surface area contributed by atoms with Gasteiger partial charge in [-0.3, -0.25) is 0 Å². The van der Waals surface area contributed by atoms with E-state index in [4.69, 9.17) is 5.73 Å². The smallest absolute Gasteiger partial charge is 0.131 e. The van der Waals surface area contributed by atoms with Crippen LogP contribution in [-0.2, 0) is 6.42 Å². The average molecular weight is 263 g/mol. The highest BCUT2D eigenvalue weighted by Crippen LogP contribution is 2.31. The van der Waals surface area contributed by atoms with Crippen LogP contribution in [0.3, 0.4) is 0 Å². The van der Waals surface area contributed by atoms with Crippen LogP contribution in [-0.4, -0.2) is 9.97 Å². The van der Waals surface area contributed by atoms with Crippen molar-refractivity contribution in [2.24, 2.45) is 0 Å². The van der Waals surface area contributed by atoms with Gasteiger partial charge in [0, 0.05) is 10.5 Å². The molecule has 2 rings (SSSR count). The minimum atomic E-state index is -0.251. The average Bonchev–Trinajstić information content (AvgIpc) is 2.34. The highest BCUT2D eigenvalue weighted by molar-refractivity contribution is 7.99. The van der Waals surface area contributed by atoms with Crippen molar-refractivity contribution < 1.29 is 4.39 Å². The van der Waals surface area contributed by atoms with E-state index in [0.717, 1.165) is 28.3 Å². The monoisotopic (exact) mass is 263 g/mol. The molecule has 0 amide bonds. The summed E-state index contributed by atoms with van der Waals surface area (Å²) in [6, 6.07) is 6.44. The molecule has 0 aliphatic rings. The molecule has 94 valence electrons. The zero-order chi connectivity index (χ0) is 13.0. The number of nitrogens with zero attached hydrogens (tertiary/aromatic N) is 2. The van der Waals surface area contributed by atoms with E-state index in [1.165, 1.54) is 30.2 Å². The molecule has 0 fully saturated rings. The van der Waals surface area contributed by atoms with Gasteiger partial charge < -0.3 is 5.73 Å². The Hall–Kier alpha value is -1.62. The fourth-order valence-corrected chi connectivity index (χ4v) is 2.60. The number of hydrogen-bond donors (Lipinski definition) is 1. The molecule has 1 aromatic heterocycles. The van der Waals surface area contributed by atoms with Crippen LogP contribution in [0.5, 0.6) is 0 Å². The predicted octanol–water partition coefficient (Wildman–Crippen LogP) is 3.30. The lowest BCUT2D eigenvalue weighted by Gasteiger charge is -2.09. The van der Waals surface area contributed by atoms with Crippen molar-refractivity contribution in [1.82, 2.24) is 9.97 Å². The molecule has 2 aromatic rings. The highest BCUT2D eigenvalue weighted by atomic mass is 32.2. The molecule has 1 heterocycles. The molecule has 0 unspecified atom stereocenters. The van der Waals surface area contributed by atoms with Gasteiger partial charge in [0.05, 0.1) is 0 Å². The number of benzene rings is 1. The Kier molecular flexibility index (Phi) is 4.15. The molecule has 2 N–H and O–H groups in total. The third kappa shape index (κ3) is 2.98. The summed E-state index contributed by atoms with van der Waals surface area (Å²) in [4.78, 5) is 9.04. The third-order valence-electron chi connectivity index (χ3n) is 2.45. The molecule has 1 aromatic carbocycles. The van der Waals surface area contributed by atoms with Gasteiger partial charge in [0.15, 0.2) is 0 Å². The molecule has 0 spiro atoms. The number of hydrogen-bond acceptors (Lipinski definition) is 4. The van der Waals surface area contributed by atoms with Crippen molar-refractivity contribution in [2.75, 3.05) is 5.73 Å². The molecule has 0 aliphatic heterocycles. The summed E-state index contributed by atoms with van der Waals surface area (Å²) in [6.45, 7) is 2.07. The van der Waals surface area contributed by atoms with Crippen LogP contribution in [0.1, 0.15) is 18.9 Å². The summed E-state index contributed by atoms with van der Waals surface area (Å²) in [5.74, 6) is 0.254. The SMILES string of the molecule is CCCc1c(N)ncnc1Sc1cccc(F)c1. The first-order valence-electron chi connectivity index (χ1n) is 5.73. The molecule has 0 bridgehead atoms. The van der Waals surface area contributed by atoms with E-state index in [1.54, 1.807) is 6.07 Å². The molecule has 0 radical (unpaired) electrons. The molecular formula is C13H14FN3S. The number of aromatic nitrogens is 2. The number of anilines is 1. The van der Waals surface area contributed by atoms with Crippen LogP contribution >= 0.6 is 11.8 Å². The maximum atomic E-state index is 13.1. The van der Waals surface area contributed by atoms with Gasteiger partial charge in [0.1, 0.15) is 23.0 Å². The molecule has 0 saturated heterocycles. The van der Waals surface area contributed by atoms with Gasteiger partial charge in [-0.1, -0.05) is 31.2 Å². The van der Waals surface area contributed by atoms with Crippen molar-refractivity contribution in [2.45, 2.75) is 29.7 Å². The second-order valence-corrected chi connectivity index (χ2v) is 4.91. The molecular weight excluding hydrogens is 249 g/mol. The normalized spacial score (nSPS) is 10.6. The third-order valence-corrected chi connectivity index (χ3v) is 3.48. The molecule has 0 atom stereocenters. The summed E-state index contributed by atoms with van der Waals surface area (Å²) in [6.07, 6.45) is 3.23. The Morgan fingerprint density at radius 2 is 2.17 bits per heavy atom. The molecule has 18 heavy (non-hydrogen) atoms. The number of nitrogens with two attached hydrogens (primary N) is 1. The zero-order valence-electron chi connectivity index (χ0n) is 10.1. The molecule has 0 saturated carbocycles. The Morgan fingerprint density at radius 3 is 2.89 bits per heavy atom. The van der Waals surface area contributed by atoms with E-state index in [2.05, 4.69) is 16.9 Å². The van der Waals surface area contributed by atoms with Crippen molar-refractivity contribution in [3.05, 3.63) is 42.0 Å². The van der Waals surface area contributed by atoms with Crippen molar-refractivity contribution in [1.29, 1.82) is 0 Å². The van der Waals surface area contributed by atoms with Gasteiger partial charge in [-0.15, -0.1) is 0 Å². The summed E-state index contributed by atoms with van der Waals surface area (Å²) >= 11 is 1.41. The van der Waals surface area contributed by atoms with Gasteiger partial charge >= 0.3 is 0 Å². The van der Waals surface area contributed by atoms with Crippen LogP contribution in [0.4, 0.5) is 10.2 Å². The fraction of sp³-hybridized carbons (Fsp3) is 0.231. The van der Waals surface area contributed by atoms with E-state index < -0.39 is 0 Å². The van der Waals surface area contributed by atoms with Crippen molar-refractivity contribution in [3.63, 3.8) is 0 Å². The minimum Gasteiger partial charge on any atom is -0.383 e. The number of halogens is 1. The van der Waals surface area contributed by atoms with Gasteiger partial charge in [-0.2, -0.15) is 0 Å². The standard InChI is InChI=1S/C13H14FN3S/c1-2-4-11-12(15)16-8-17-13(11)18-10-6-3-5-9(14)7-10/h3,5-8H,2,4H2,1H3,(H2,15,16,17). The number of rotatable bonds is 4. The number of nitrogen functional groups attached to an aromatic ring is 1. The van der Waals surface area contributed by atoms with Crippen LogP contribution in [0.15, 0.2) is 40.5 Å². The van der Waals surface area contributed by atoms with Crippen molar-refractivity contribution >= 4 is 17.6 Å². The van der Waals surface area contributed by atoms with Crippen molar-refractivity contribution in [3.8, 4) is 0 Å². The maximum absolute atomic E-state index is 13.1. The van der Waals surface area contributed by atoms with Crippen LogP contribution in [0, 0.1) is 5.82 Å². The first-order valence-corrected chi connectivity index (χ1v) is 6.55. The second kappa shape index (κ2) is 5.82. The Morgan fingerprint density at radius 1 is 1.33 bits per heavy atom. The minimum absolute atomic E-state index is 0.251. The van der Waals surface area contributed by atoms with E-state index in [1.807, 2.05) is 6.07 Å². The van der Waals surface area contributed by atoms with E-state index in [9.17, 15) is 4.39 Å². The van der Waals surface area contributed by atoms with Gasteiger partial charge in [0.25, 0.3) is 0 Å². The molecule has 3 nitrogen and oxygen atoms in total. The summed E-state index contributed by atoms with van der Waals surface area (Å²) in [7, 11) is 0. The molecule has 0 aliphatic carbocycles. The second-order valence-electron chi connectivity index (χ2n) is 3.85. The van der Waals surface area contributed by atoms with Crippen LogP contribution in [0.2, 0.25) is 0 Å². The van der Waals surface area contributed by atoms with E-state index in [0.29, 0.717) is 5.82 Å². The van der Waals surface area contributed by atoms with Gasteiger partial charge in [0.2, 0.25) is 0 Å². The van der Waals surface area contributed by atoms with Gasteiger partial charge in [-0.25, -0.2) is 14.4 Å². The topological polar surface area (TPSA) is 51.8 Å².